The third-order valence-electron chi connectivity index (χ3n) is 3.08. The van der Waals surface area contributed by atoms with E-state index in [1.165, 1.54) is 16.7 Å². The van der Waals surface area contributed by atoms with E-state index in [1.54, 1.807) is 24.3 Å². The number of rotatable bonds is 5. The molecule has 0 atom stereocenters. The topological polar surface area (TPSA) is 85.5 Å². The maximum absolute atomic E-state index is 11.7. The number of esters is 1. The molecule has 0 aliphatic carbocycles. The second-order valence-corrected chi connectivity index (χ2v) is 6.19. The van der Waals surface area contributed by atoms with E-state index in [0.29, 0.717) is 23.2 Å². The molecule has 0 spiro atoms. The third-order valence-corrected chi connectivity index (χ3v) is 4.22. The van der Waals surface area contributed by atoms with Crippen molar-refractivity contribution < 1.29 is 18.7 Å². The molecule has 1 aliphatic heterocycles. The van der Waals surface area contributed by atoms with Crippen molar-refractivity contribution in [3.8, 4) is 11.5 Å². The number of carbonyl (C=O) groups excluding carboxylic acids is 2. The quantitative estimate of drug-likeness (QED) is 0.763. The van der Waals surface area contributed by atoms with Gasteiger partial charge in [0.05, 0.1) is 0 Å². The number of amides is 1. The van der Waals surface area contributed by atoms with Crippen molar-refractivity contribution in [2.45, 2.75) is 6.61 Å². The van der Waals surface area contributed by atoms with Crippen molar-refractivity contribution in [3.63, 3.8) is 0 Å². The standard InChI is InChI=1S/C14H12ClN3O4S/c15-10-3-1-9(2-4-10)13-17-16-11(22-13)8-21-12(19)7-18-5-6-23-14(18)20/h1-4H,5-8H2. The number of nitrogens with zero attached hydrogens (tertiary/aromatic N) is 3. The van der Waals surface area contributed by atoms with Crippen LogP contribution in [0.3, 0.4) is 0 Å². The zero-order chi connectivity index (χ0) is 16.2. The van der Waals surface area contributed by atoms with Crippen LogP contribution in [0, 0.1) is 0 Å². The monoisotopic (exact) mass is 353 g/mol. The van der Waals surface area contributed by atoms with Crippen molar-refractivity contribution in [1.82, 2.24) is 15.1 Å². The Bertz CT molecular complexity index is 719. The first kappa shape index (κ1) is 15.8. The Hall–Kier alpha value is -2.06. The van der Waals surface area contributed by atoms with Crippen LogP contribution in [0.1, 0.15) is 5.89 Å². The molecule has 0 unspecified atom stereocenters. The summed E-state index contributed by atoms with van der Waals surface area (Å²) >= 11 is 7.01. The highest BCUT2D eigenvalue weighted by Gasteiger charge is 2.24. The maximum atomic E-state index is 11.7. The first-order valence-corrected chi connectivity index (χ1v) is 8.14. The lowest BCUT2D eigenvalue weighted by atomic mass is 10.2. The summed E-state index contributed by atoms with van der Waals surface area (Å²) in [6.07, 6.45) is 0. The van der Waals surface area contributed by atoms with Gasteiger partial charge in [0.1, 0.15) is 6.54 Å². The van der Waals surface area contributed by atoms with Gasteiger partial charge in [0.15, 0.2) is 6.61 Å². The van der Waals surface area contributed by atoms with Crippen LogP contribution in [0.25, 0.3) is 11.5 Å². The molecule has 2 heterocycles. The zero-order valence-electron chi connectivity index (χ0n) is 11.9. The van der Waals surface area contributed by atoms with Crippen molar-refractivity contribution in [2.24, 2.45) is 0 Å². The van der Waals surface area contributed by atoms with Crippen LogP contribution in [0.5, 0.6) is 0 Å². The highest BCUT2D eigenvalue weighted by atomic mass is 35.5. The average molecular weight is 354 g/mol. The number of aromatic nitrogens is 2. The SMILES string of the molecule is O=C(CN1CCSC1=O)OCc1nnc(-c2ccc(Cl)cc2)o1. The Morgan fingerprint density at radius 3 is 2.83 bits per heavy atom. The molecule has 1 amide bonds. The molecule has 1 aliphatic rings. The van der Waals surface area contributed by atoms with E-state index in [1.807, 2.05) is 0 Å². The van der Waals surface area contributed by atoms with Gasteiger partial charge >= 0.3 is 5.97 Å². The van der Waals surface area contributed by atoms with Crippen molar-refractivity contribution in [3.05, 3.63) is 35.2 Å². The van der Waals surface area contributed by atoms with Gasteiger partial charge in [-0.05, 0) is 24.3 Å². The number of benzene rings is 1. The van der Waals surface area contributed by atoms with Gasteiger partial charge in [0, 0.05) is 22.9 Å². The maximum Gasteiger partial charge on any atom is 0.326 e. The van der Waals surface area contributed by atoms with Crippen LogP contribution < -0.4 is 0 Å². The molecular formula is C14H12ClN3O4S. The molecule has 1 aromatic carbocycles. The van der Waals surface area contributed by atoms with Gasteiger partial charge in [0.2, 0.25) is 5.89 Å². The number of halogens is 1. The fraction of sp³-hybridized carbons (Fsp3) is 0.286. The summed E-state index contributed by atoms with van der Waals surface area (Å²) in [6, 6.07) is 6.93. The predicted molar refractivity (Wildman–Crippen MR) is 84.0 cm³/mol. The number of hydrogen-bond donors (Lipinski definition) is 0. The van der Waals surface area contributed by atoms with Gasteiger partial charge in [-0.2, -0.15) is 0 Å². The summed E-state index contributed by atoms with van der Waals surface area (Å²) in [5, 5.41) is 8.21. The smallest absolute Gasteiger partial charge is 0.326 e. The molecule has 1 fully saturated rings. The van der Waals surface area contributed by atoms with Crippen molar-refractivity contribution >= 4 is 34.6 Å². The third kappa shape index (κ3) is 4.02. The van der Waals surface area contributed by atoms with E-state index in [2.05, 4.69) is 10.2 Å². The lowest BCUT2D eigenvalue weighted by Gasteiger charge is -2.12. The number of thioether (sulfide) groups is 1. The Labute approximate surface area is 140 Å². The lowest BCUT2D eigenvalue weighted by Crippen LogP contribution is -2.30. The highest BCUT2D eigenvalue weighted by molar-refractivity contribution is 8.13. The van der Waals surface area contributed by atoms with Crippen LogP contribution in [0.4, 0.5) is 4.79 Å². The van der Waals surface area contributed by atoms with Gasteiger partial charge in [-0.15, -0.1) is 10.2 Å². The fourth-order valence-corrected chi connectivity index (χ4v) is 2.88. The second-order valence-electron chi connectivity index (χ2n) is 4.70. The summed E-state index contributed by atoms with van der Waals surface area (Å²) in [5.41, 5.74) is 0.721. The molecule has 0 bridgehead atoms. The molecular weight excluding hydrogens is 342 g/mol. The summed E-state index contributed by atoms with van der Waals surface area (Å²) in [6.45, 7) is 0.360. The second kappa shape index (κ2) is 7.01. The zero-order valence-corrected chi connectivity index (χ0v) is 13.5. The first-order chi connectivity index (χ1) is 11.1. The van der Waals surface area contributed by atoms with E-state index in [9.17, 15) is 9.59 Å². The molecule has 1 aromatic heterocycles. The Morgan fingerprint density at radius 2 is 2.13 bits per heavy atom. The summed E-state index contributed by atoms with van der Waals surface area (Å²) in [7, 11) is 0. The van der Waals surface area contributed by atoms with Crippen LogP contribution >= 0.6 is 23.4 Å². The average Bonchev–Trinajstić information content (AvgIpc) is 3.16. The molecule has 0 saturated carbocycles. The predicted octanol–water partition coefficient (Wildman–Crippen LogP) is 2.60. The first-order valence-electron chi connectivity index (χ1n) is 6.77. The van der Waals surface area contributed by atoms with Gasteiger partial charge < -0.3 is 14.1 Å². The Morgan fingerprint density at radius 1 is 1.35 bits per heavy atom. The Balaban J connectivity index is 1.53. The molecule has 3 rings (SSSR count). The van der Waals surface area contributed by atoms with Crippen molar-refractivity contribution in [1.29, 1.82) is 0 Å². The molecule has 23 heavy (non-hydrogen) atoms. The van der Waals surface area contributed by atoms with Gasteiger partial charge in [-0.25, -0.2) is 0 Å². The van der Waals surface area contributed by atoms with Crippen LogP contribution in [0.2, 0.25) is 5.02 Å². The molecule has 1 saturated heterocycles. The van der Waals surface area contributed by atoms with Crippen LogP contribution in [0.15, 0.2) is 28.7 Å². The Kier molecular flexibility index (Phi) is 4.82. The van der Waals surface area contributed by atoms with E-state index in [4.69, 9.17) is 20.8 Å². The van der Waals surface area contributed by atoms with E-state index in [-0.39, 0.29) is 24.3 Å². The molecule has 120 valence electrons. The minimum atomic E-state index is -0.507. The number of carbonyl (C=O) groups is 2. The number of hydrogen-bond acceptors (Lipinski definition) is 7. The molecule has 7 nitrogen and oxygen atoms in total. The van der Waals surface area contributed by atoms with Gasteiger partial charge in [-0.3, -0.25) is 9.59 Å². The minimum absolute atomic E-state index is 0.0655. The minimum Gasteiger partial charge on any atom is -0.454 e. The van der Waals surface area contributed by atoms with Gasteiger partial charge in [0.25, 0.3) is 11.1 Å². The highest BCUT2D eigenvalue weighted by Crippen LogP contribution is 2.20. The normalized spacial score (nSPS) is 14.3. The molecule has 9 heteroatoms. The fourth-order valence-electron chi connectivity index (χ4n) is 1.93. The summed E-state index contributed by atoms with van der Waals surface area (Å²) in [4.78, 5) is 24.5. The lowest BCUT2D eigenvalue weighted by molar-refractivity contribution is -0.146. The van der Waals surface area contributed by atoms with Gasteiger partial charge in [-0.1, -0.05) is 23.4 Å². The van der Waals surface area contributed by atoms with E-state index in [0.717, 1.165) is 5.56 Å². The molecule has 0 radical (unpaired) electrons. The van der Waals surface area contributed by atoms with Crippen LogP contribution in [-0.4, -0.2) is 45.1 Å². The van der Waals surface area contributed by atoms with Crippen molar-refractivity contribution in [2.75, 3.05) is 18.8 Å². The van der Waals surface area contributed by atoms with E-state index < -0.39 is 5.97 Å². The largest absolute Gasteiger partial charge is 0.454 e. The molecule has 2 aromatic rings. The summed E-state index contributed by atoms with van der Waals surface area (Å²) in [5.74, 6) is 0.691. The summed E-state index contributed by atoms with van der Waals surface area (Å²) < 4.78 is 10.5. The van der Waals surface area contributed by atoms with E-state index >= 15 is 0 Å². The molecule has 0 N–H and O–H groups in total. The van der Waals surface area contributed by atoms with Crippen LogP contribution in [-0.2, 0) is 16.1 Å². The number of ether oxygens (including phenoxy) is 1.